The molecule has 6 atom stereocenters. The number of amides is 1. The van der Waals surface area contributed by atoms with Crippen LogP contribution in [0.3, 0.4) is 0 Å². The van der Waals surface area contributed by atoms with Crippen molar-refractivity contribution in [2.75, 3.05) is 13.1 Å². The molecular formula is C33H58N4O3. The van der Waals surface area contributed by atoms with Crippen LogP contribution >= 0.6 is 0 Å². The van der Waals surface area contributed by atoms with Crippen molar-refractivity contribution in [3.05, 3.63) is 12.7 Å². The Morgan fingerprint density at radius 3 is 2.15 bits per heavy atom. The first-order chi connectivity index (χ1) is 19.3. The van der Waals surface area contributed by atoms with Crippen LogP contribution in [0.2, 0.25) is 0 Å². The van der Waals surface area contributed by atoms with Crippen LogP contribution in [0.15, 0.2) is 12.7 Å². The Morgan fingerprint density at radius 2 is 1.65 bits per heavy atom. The van der Waals surface area contributed by atoms with Crippen LogP contribution in [-0.4, -0.2) is 71.2 Å². The maximum atomic E-state index is 13.8. The fourth-order valence-electron chi connectivity index (χ4n) is 8.18. The summed E-state index contributed by atoms with van der Waals surface area (Å²) in [5.41, 5.74) is 4.06. The molecule has 0 aromatic rings. The van der Waals surface area contributed by atoms with E-state index in [4.69, 9.17) is 4.74 Å². The van der Waals surface area contributed by atoms with Gasteiger partial charge < -0.3 is 9.64 Å². The maximum Gasteiger partial charge on any atom is 0.227 e. The van der Waals surface area contributed by atoms with E-state index in [1.165, 1.54) is 64.4 Å². The third-order valence-corrected chi connectivity index (χ3v) is 10.3. The second kappa shape index (κ2) is 14.8. The summed E-state index contributed by atoms with van der Waals surface area (Å²) >= 11 is 0. The molecule has 3 aliphatic heterocycles. The highest BCUT2D eigenvalue weighted by molar-refractivity contribution is 5.86. The highest BCUT2D eigenvalue weighted by atomic mass is 16.5. The number of carbonyl (C=O) groups is 2. The Labute approximate surface area is 244 Å². The lowest BCUT2D eigenvalue weighted by atomic mass is 9.77. The number of rotatable bonds is 9. The van der Waals surface area contributed by atoms with Crippen LogP contribution in [0.1, 0.15) is 112 Å². The summed E-state index contributed by atoms with van der Waals surface area (Å²) in [4.78, 5) is 25.8. The van der Waals surface area contributed by atoms with Crippen LogP contribution < -0.4 is 10.7 Å². The zero-order valence-electron chi connectivity index (χ0n) is 26.1. The van der Waals surface area contributed by atoms with Crippen molar-refractivity contribution in [1.82, 2.24) is 20.7 Å². The molecule has 2 saturated carbocycles. The predicted molar refractivity (Wildman–Crippen MR) is 161 cm³/mol. The number of piperidine rings is 2. The largest absolute Gasteiger partial charge is 0.361 e. The summed E-state index contributed by atoms with van der Waals surface area (Å²) in [6.07, 6.45) is 16.7. The molecule has 5 fully saturated rings. The summed E-state index contributed by atoms with van der Waals surface area (Å²) in [6, 6.07) is 2.17. The molecule has 5 aliphatic rings. The predicted octanol–water partition coefficient (Wildman–Crippen LogP) is 5.45. The van der Waals surface area contributed by atoms with Gasteiger partial charge in [0, 0.05) is 43.2 Å². The van der Waals surface area contributed by atoms with Gasteiger partial charge in [0.05, 0.1) is 12.0 Å². The van der Waals surface area contributed by atoms with Crippen LogP contribution in [0.25, 0.3) is 0 Å². The molecule has 5 unspecified atom stereocenters. The summed E-state index contributed by atoms with van der Waals surface area (Å²) < 4.78 is 5.95. The summed E-state index contributed by atoms with van der Waals surface area (Å²) in [6.45, 7) is 15.1. The number of fused-ring (bicyclic) bond motifs is 1. The number of allylic oxidation sites excluding steroid dienone is 1. The monoisotopic (exact) mass is 558 g/mol. The Bertz CT molecular complexity index is 830. The van der Waals surface area contributed by atoms with E-state index in [0.29, 0.717) is 36.0 Å². The molecule has 0 aromatic heterocycles. The average molecular weight is 559 g/mol. The Kier molecular flexibility index (Phi) is 11.7. The standard InChI is InChI=1S/C29H52N4O2.C4H6O/c1-5-7-24-28-25(6-2)32(29(34)22-12-15-27(30-18-22)35-19(3)4)17-16-26(28)33(31-24)23-13-10-21(11-14-23)20-8-9-20;1-3-4(2)5/h19-28,30-31H,5-18H2,1-4H3;3H,1H2,2H3/t21?,22?,23?,24?,25-,26?,27?,28?;/m0./s1. The second-order valence-corrected chi connectivity index (χ2v) is 13.4. The molecule has 0 aromatic carbocycles. The first-order valence-electron chi connectivity index (χ1n) is 16.6. The number of hydrogen-bond donors (Lipinski definition) is 2. The van der Waals surface area contributed by atoms with E-state index in [2.05, 4.69) is 54.9 Å². The zero-order chi connectivity index (χ0) is 28.8. The number of nitrogens with one attached hydrogen (secondary N) is 2. The fourth-order valence-corrected chi connectivity index (χ4v) is 8.18. The normalized spacial score (nSPS) is 36.5. The van der Waals surface area contributed by atoms with Gasteiger partial charge in [0.15, 0.2) is 5.78 Å². The van der Waals surface area contributed by atoms with Crippen molar-refractivity contribution in [1.29, 1.82) is 0 Å². The van der Waals surface area contributed by atoms with Crippen molar-refractivity contribution in [2.24, 2.45) is 23.7 Å². The lowest BCUT2D eigenvalue weighted by Crippen LogP contribution is -2.59. The van der Waals surface area contributed by atoms with E-state index in [0.717, 1.165) is 50.6 Å². The molecule has 2 aliphatic carbocycles. The number of hydrazine groups is 1. The van der Waals surface area contributed by atoms with Crippen LogP contribution in [0.4, 0.5) is 0 Å². The van der Waals surface area contributed by atoms with Crippen molar-refractivity contribution in [3.63, 3.8) is 0 Å². The molecule has 1 amide bonds. The Hall–Kier alpha value is -1.28. The maximum absolute atomic E-state index is 13.8. The van der Waals surface area contributed by atoms with E-state index >= 15 is 0 Å². The minimum Gasteiger partial charge on any atom is -0.361 e. The van der Waals surface area contributed by atoms with E-state index in [1.807, 2.05) is 0 Å². The van der Waals surface area contributed by atoms with Gasteiger partial charge in [-0.3, -0.25) is 20.3 Å². The van der Waals surface area contributed by atoms with Gasteiger partial charge in [0.2, 0.25) is 5.91 Å². The van der Waals surface area contributed by atoms with E-state index < -0.39 is 0 Å². The van der Waals surface area contributed by atoms with Gasteiger partial charge in [-0.05, 0) is 109 Å². The molecule has 228 valence electrons. The van der Waals surface area contributed by atoms with Crippen LogP contribution in [0, 0.1) is 23.7 Å². The van der Waals surface area contributed by atoms with Crippen LogP contribution in [-0.2, 0) is 14.3 Å². The highest BCUT2D eigenvalue weighted by Gasteiger charge is 2.52. The number of carbonyl (C=O) groups excluding carboxylic acids is 2. The summed E-state index contributed by atoms with van der Waals surface area (Å²) in [5.74, 6) is 3.14. The smallest absolute Gasteiger partial charge is 0.227 e. The first-order valence-corrected chi connectivity index (χ1v) is 16.6. The number of hydrogen-bond acceptors (Lipinski definition) is 6. The van der Waals surface area contributed by atoms with Crippen molar-refractivity contribution in [3.8, 4) is 0 Å². The zero-order valence-corrected chi connectivity index (χ0v) is 26.1. The molecule has 2 N–H and O–H groups in total. The fraction of sp³-hybridized carbons (Fsp3) is 0.879. The number of ether oxygens (including phenoxy) is 1. The van der Waals surface area contributed by atoms with Crippen molar-refractivity contribution in [2.45, 2.75) is 148 Å². The summed E-state index contributed by atoms with van der Waals surface area (Å²) in [5, 5.41) is 6.24. The van der Waals surface area contributed by atoms with Gasteiger partial charge in [-0.1, -0.05) is 26.8 Å². The third kappa shape index (κ3) is 7.76. The molecular weight excluding hydrogens is 500 g/mol. The lowest BCUT2D eigenvalue weighted by molar-refractivity contribution is -0.144. The van der Waals surface area contributed by atoms with Gasteiger partial charge in [-0.15, -0.1) is 0 Å². The molecule has 7 heteroatoms. The molecule has 0 spiro atoms. The van der Waals surface area contributed by atoms with Crippen molar-refractivity contribution < 1.29 is 14.3 Å². The molecule has 7 nitrogen and oxygen atoms in total. The van der Waals surface area contributed by atoms with Crippen molar-refractivity contribution >= 4 is 11.7 Å². The quantitative estimate of drug-likeness (QED) is 0.367. The minimum absolute atomic E-state index is 0.0185. The van der Waals surface area contributed by atoms with Gasteiger partial charge in [0.1, 0.15) is 6.23 Å². The molecule has 40 heavy (non-hydrogen) atoms. The molecule has 0 radical (unpaired) electrons. The van der Waals surface area contributed by atoms with E-state index in [-0.39, 0.29) is 24.0 Å². The third-order valence-electron chi connectivity index (χ3n) is 10.3. The van der Waals surface area contributed by atoms with Gasteiger partial charge in [0.25, 0.3) is 0 Å². The molecule has 3 saturated heterocycles. The number of ketones is 1. The van der Waals surface area contributed by atoms with Gasteiger partial charge in [-0.25, -0.2) is 5.01 Å². The van der Waals surface area contributed by atoms with E-state index in [1.54, 1.807) is 0 Å². The SMILES string of the molecule is C=CC(C)=O.CCCC1NN(C2CCC(C3CC3)CC2)C2CCN(C(=O)C3CCC(OC(C)C)NC3)[C@@H](CC)C12. The average Bonchev–Trinajstić information content (AvgIpc) is 3.75. The first kappa shape index (κ1) is 31.7. The van der Waals surface area contributed by atoms with Gasteiger partial charge >= 0.3 is 0 Å². The molecule has 3 heterocycles. The van der Waals surface area contributed by atoms with Gasteiger partial charge in [-0.2, -0.15) is 0 Å². The number of nitrogens with zero attached hydrogens (tertiary/aromatic N) is 2. The number of likely N-dealkylation sites (tertiary alicyclic amines) is 1. The lowest BCUT2D eigenvalue weighted by Gasteiger charge is -2.47. The molecule has 0 bridgehead atoms. The summed E-state index contributed by atoms with van der Waals surface area (Å²) in [7, 11) is 0. The minimum atomic E-state index is 0.0185. The second-order valence-electron chi connectivity index (χ2n) is 13.4. The topological polar surface area (TPSA) is 73.9 Å². The Balaban J connectivity index is 0.000000681. The van der Waals surface area contributed by atoms with Crippen LogP contribution in [0.5, 0.6) is 0 Å². The highest BCUT2D eigenvalue weighted by Crippen LogP contribution is 2.46. The molecule has 5 rings (SSSR count). The van der Waals surface area contributed by atoms with E-state index in [9.17, 15) is 9.59 Å². The Morgan fingerprint density at radius 1 is 1.00 bits per heavy atom.